The van der Waals surface area contributed by atoms with Gasteiger partial charge in [0.05, 0.1) is 24.8 Å². The number of fused-ring (bicyclic) bond motifs is 1. The number of nitrogens with zero attached hydrogens (tertiary/aromatic N) is 2. The van der Waals surface area contributed by atoms with E-state index in [1.54, 1.807) is 31.4 Å². The van der Waals surface area contributed by atoms with Gasteiger partial charge >= 0.3 is 0 Å². The van der Waals surface area contributed by atoms with Crippen molar-refractivity contribution in [3.05, 3.63) is 64.7 Å². The molecule has 0 bridgehead atoms. The first-order valence-electron chi connectivity index (χ1n) is 10.9. The summed E-state index contributed by atoms with van der Waals surface area (Å²) in [6.45, 7) is 4.97. The lowest BCUT2D eigenvalue weighted by Crippen LogP contribution is -2.35. The van der Waals surface area contributed by atoms with Gasteiger partial charge in [-0.25, -0.2) is 0 Å². The Labute approximate surface area is 187 Å². The number of ether oxygens (including phenoxy) is 2. The predicted octanol–water partition coefficient (Wildman–Crippen LogP) is 3.70. The molecule has 1 amide bonds. The molecule has 0 spiro atoms. The van der Waals surface area contributed by atoms with Crippen molar-refractivity contribution in [3.8, 4) is 6.07 Å². The van der Waals surface area contributed by atoms with Crippen LogP contribution in [0, 0.1) is 11.3 Å². The maximum atomic E-state index is 12.8. The molecular formula is C25H28N4O3. The average Bonchev–Trinajstić information content (AvgIpc) is 3.16. The molecule has 2 N–H and O–H groups in total. The molecule has 0 atom stereocenters. The number of carbonyl (C=O) groups is 1. The Balaban J connectivity index is 1.58. The number of morpholine rings is 1. The van der Waals surface area contributed by atoms with Gasteiger partial charge in [0.25, 0.3) is 5.91 Å². The third kappa shape index (κ3) is 5.17. The van der Waals surface area contributed by atoms with Crippen LogP contribution in [0.1, 0.15) is 33.5 Å². The smallest absolute Gasteiger partial charge is 0.256 e. The van der Waals surface area contributed by atoms with E-state index in [1.807, 2.05) is 0 Å². The zero-order chi connectivity index (χ0) is 22.3. The third-order valence-corrected chi connectivity index (χ3v) is 5.77. The van der Waals surface area contributed by atoms with Crippen molar-refractivity contribution in [2.24, 2.45) is 0 Å². The van der Waals surface area contributed by atoms with E-state index in [2.05, 4.69) is 39.5 Å². The molecule has 1 aliphatic rings. The van der Waals surface area contributed by atoms with E-state index in [9.17, 15) is 4.79 Å². The summed E-state index contributed by atoms with van der Waals surface area (Å²) in [4.78, 5) is 18.7. The molecule has 0 unspecified atom stereocenters. The van der Waals surface area contributed by atoms with Crippen molar-refractivity contribution in [1.29, 1.82) is 5.26 Å². The van der Waals surface area contributed by atoms with E-state index in [1.165, 1.54) is 5.56 Å². The summed E-state index contributed by atoms with van der Waals surface area (Å²) < 4.78 is 10.7. The fourth-order valence-corrected chi connectivity index (χ4v) is 4.06. The van der Waals surface area contributed by atoms with E-state index in [4.69, 9.17) is 14.7 Å². The summed E-state index contributed by atoms with van der Waals surface area (Å²) in [7, 11) is 1.70. The van der Waals surface area contributed by atoms with Crippen LogP contribution in [-0.4, -0.2) is 55.8 Å². The highest BCUT2D eigenvalue weighted by atomic mass is 16.5. The number of amides is 1. The Morgan fingerprint density at radius 3 is 2.72 bits per heavy atom. The first-order chi connectivity index (χ1) is 15.7. The molecule has 2 aromatic carbocycles. The topological polar surface area (TPSA) is 90.4 Å². The molecule has 1 aromatic heterocycles. The Kier molecular flexibility index (Phi) is 7.17. The molecule has 32 heavy (non-hydrogen) atoms. The number of nitriles is 1. The van der Waals surface area contributed by atoms with Crippen molar-refractivity contribution < 1.29 is 14.3 Å². The van der Waals surface area contributed by atoms with Crippen LogP contribution in [-0.2, 0) is 22.4 Å². The van der Waals surface area contributed by atoms with Gasteiger partial charge < -0.3 is 19.8 Å². The first-order valence-corrected chi connectivity index (χ1v) is 10.9. The number of nitrogens with one attached hydrogen (secondary N) is 2. The Morgan fingerprint density at radius 2 is 2.00 bits per heavy atom. The second-order valence-electron chi connectivity index (χ2n) is 7.99. The molecular weight excluding hydrogens is 404 g/mol. The summed E-state index contributed by atoms with van der Waals surface area (Å²) in [5.74, 6) is 0.511. The quantitative estimate of drug-likeness (QED) is 0.530. The molecule has 4 rings (SSSR count). The molecule has 7 heteroatoms. The molecule has 1 saturated heterocycles. The number of anilines is 1. The van der Waals surface area contributed by atoms with E-state index in [0.29, 0.717) is 23.6 Å². The summed E-state index contributed by atoms with van der Waals surface area (Å²) in [5.41, 5.74) is 4.36. The standard InChI is InChI=1S/C25H28N4O3/c1-31-12-2-3-22-21-9-6-19(17-29-10-13-32-14-11-29)15-23(21)27-24(22)28-25(30)20-7-4-18(16-26)5-8-20/h4-9,15,27H,2-3,10-14,17H2,1H3,(H,28,30). The number of H-pyrrole nitrogens is 1. The van der Waals surface area contributed by atoms with Crippen molar-refractivity contribution >= 4 is 22.6 Å². The zero-order valence-electron chi connectivity index (χ0n) is 18.3. The van der Waals surface area contributed by atoms with E-state index in [-0.39, 0.29) is 5.91 Å². The van der Waals surface area contributed by atoms with E-state index < -0.39 is 0 Å². The molecule has 0 aliphatic carbocycles. The number of aromatic amines is 1. The van der Waals surface area contributed by atoms with Crippen molar-refractivity contribution in [3.63, 3.8) is 0 Å². The van der Waals surface area contributed by atoms with Gasteiger partial charge in [-0.15, -0.1) is 0 Å². The highest BCUT2D eigenvalue weighted by molar-refractivity contribution is 6.06. The van der Waals surface area contributed by atoms with Crippen LogP contribution < -0.4 is 5.32 Å². The molecule has 1 fully saturated rings. The van der Waals surface area contributed by atoms with Crippen LogP contribution in [0.25, 0.3) is 10.9 Å². The lowest BCUT2D eigenvalue weighted by Gasteiger charge is -2.26. The SMILES string of the molecule is COCCCc1c(NC(=O)c2ccc(C#N)cc2)[nH]c2cc(CN3CCOCC3)ccc12. The minimum Gasteiger partial charge on any atom is -0.385 e. The second-order valence-corrected chi connectivity index (χ2v) is 7.99. The number of hydrogen-bond acceptors (Lipinski definition) is 5. The Bertz CT molecular complexity index is 1110. The van der Waals surface area contributed by atoms with Crippen LogP contribution in [0.5, 0.6) is 0 Å². The van der Waals surface area contributed by atoms with Gasteiger partial charge in [-0.05, 0) is 48.7 Å². The molecule has 0 saturated carbocycles. The second kappa shape index (κ2) is 10.4. The number of hydrogen-bond donors (Lipinski definition) is 2. The lowest BCUT2D eigenvalue weighted by molar-refractivity contribution is 0.0342. The Hall–Kier alpha value is -3.18. The van der Waals surface area contributed by atoms with E-state index in [0.717, 1.165) is 62.2 Å². The number of rotatable bonds is 8. The van der Waals surface area contributed by atoms with Gasteiger partial charge in [-0.1, -0.05) is 12.1 Å². The fourth-order valence-electron chi connectivity index (χ4n) is 4.06. The van der Waals surface area contributed by atoms with Crippen LogP contribution in [0.3, 0.4) is 0 Å². The summed E-state index contributed by atoms with van der Waals surface area (Å²) in [6.07, 6.45) is 1.65. The first kappa shape index (κ1) is 22.0. The van der Waals surface area contributed by atoms with Gasteiger partial charge in [0.15, 0.2) is 0 Å². The van der Waals surface area contributed by atoms with Gasteiger partial charge in [0, 0.05) is 55.4 Å². The number of aromatic nitrogens is 1. The maximum Gasteiger partial charge on any atom is 0.256 e. The van der Waals surface area contributed by atoms with Crippen molar-refractivity contribution in [2.75, 3.05) is 45.3 Å². The predicted molar refractivity (Wildman–Crippen MR) is 124 cm³/mol. The van der Waals surface area contributed by atoms with Gasteiger partial charge in [-0.2, -0.15) is 5.26 Å². The van der Waals surface area contributed by atoms with Crippen molar-refractivity contribution in [2.45, 2.75) is 19.4 Å². The monoisotopic (exact) mass is 432 g/mol. The number of methoxy groups -OCH3 is 1. The van der Waals surface area contributed by atoms with Crippen LogP contribution >= 0.6 is 0 Å². The minimum atomic E-state index is -0.206. The van der Waals surface area contributed by atoms with Gasteiger partial charge in [0.2, 0.25) is 0 Å². The van der Waals surface area contributed by atoms with Crippen LogP contribution in [0.2, 0.25) is 0 Å². The zero-order valence-corrected chi connectivity index (χ0v) is 18.3. The largest absolute Gasteiger partial charge is 0.385 e. The number of benzene rings is 2. The highest BCUT2D eigenvalue weighted by Crippen LogP contribution is 2.29. The number of carbonyl (C=O) groups excluding carboxylic acids is 1. The van der Waals surface area contributed by atoms with Gasteiger partial charge in [-0.3, -0.25) is 9.69 Å². The molecule has 3 aromatic rings. The van der Waals surface area contributed by atoms with Crippen LogP contribution in [0.4, 0.5) is 5.82 Å². The average molecular weight is 433 g/mol. The molecule has 7 nitrogen and oxygen atoms in total. The normalized spacial score (nSPS) is 14.4. The maximum absolute atomic E-state index is 12.8. The summed E-state index contributed by atoms with van der Waals surface area (Å²) >= 11 is 0. The van der Waals surface area contributed by atoms with Crippen molar-refractivity contribution in [1.82, 2.24) is 9.88 Å². The highest BCUT2D eigenvalue weighted by Gasteiger charge is 2.17. The summed E-state index contributed by atoms with van der Waals surface area (Å²) in [6, 6.07) is 15.2. The summed E-state index contributed by atoms with van der Waals surface area (Å²) in [5, 5.41) is 13.1. The fraction of sp³-hybridized carbons (Fsp3) is 0.360. The van der Waals surface area contributed by atoms with E-state index >= 15 is 0 Å². The van der Waals surface area contributed by atoms with Crippen LogP contribution in [0.15, 0.2) is 42.5 Å². The number of aryl methyl sites for hydroxylation is 1. The molecule has 0 radical (unpaired) electrons. The Morgan fingerprint density at radius 1 is 1.22 bits per heavy atom. The minimum absolute atomic E-state index is 0.206. The molecule has 2 heterocycles. The molecule has 1 aliphatic heterocycles. The van der Waals surface area contributed by atoms with Gasteiger partial charge in [0.1, 0.15) is 5.82 Å². The third-order valence-electron chi connectivity index (χ3n) is 5.77. The lowest BCUT2D eigenvalue weighted by atomic mass is 10.1. The molecule has 166 valence electrons.